The van der Waals surface area contributed by atoms with Gasteiger partial charge < -0.3 is 9.80 Å². The Kier molecular flexibility index (Phi) is 5.67. The predicted molar refractivity (Wildman–Crippen MR) is 120 cm³/mol. The van der Waals surface area contributed by atoms with E-state index in [1.54, 1.807) is 12.1 Å². The molecule has 2 aliphatic rings. The first-order chi connectivity index (χ1) is 14.8. The Bertz CT molecular complexity index is 1050. The molecule has 2 aromatic rings. The van der Waals surface area contributed by atoms with Crippen molar-refractivity contribution in [2.75, 3.05) is 32.1 Å². The van der Waals surface area contributed by atoms with Crippen LogP contribution in [-0.2, 0) is 9.59 Å². The van der Waals surface area contributed by atoms with Gasteiger partial charge in [0, 0.05) is 13.1 Å². The molecule has 2 aromatic carbocycles. The molecule has 0 aromatic heterocycles. The lowest BCUT2D eigenvalue weighted by molar-refractivity contribution is -0.120. The van der Waals surface area contributed by atoms with Crippen LogP contribution in [0.5, 0.6) is 0 Å². The normalized spacial score (nSPS) is 18.3. The monoisotopic (exact) mass is 421 g/mol. The molecule has 0 spiro atoms. The van der Waals surface area contributed by atoms with Gasteiger partial charge in [-0.05, 0) is 81.7 Å². The third kappa shape index (κ3) is 3.88. The van der Waals surface area contributed by atoms with Gasteiger partial charge in [-0.3, -0.25) is 9.59 Å². The van der Waals surface area contributed by atoms with Crippen molar-refractivity contribution in [2.24, 2.45) is 0 Å². The molecule has 0 unspecified atom stereocenters. The van der Waals surface area contributed by atoms with Gasteiger partial charge >= 0.3 is 0 Å². The van der Waals surface area contributed by atoms with Crippen LogP contribution in [-0.4, -0.2) is 54.8 Å². The van der Waals surface area contributed by atoms with Gasteiger partial charge in [0.25, 0.3) is 11.8 Å². The zero-order valence-electron chi connectivity index (χ0n) is 18.5. The number of halogens is 1. The third-order valence-corrected chi connectivity index (χ3v) is 6.39. The Hall–Kier alpha value is -2.99. The van der Waals surface area contributed by atoms with Crippen LogP contribution < -0.4 is 4.90 Å². The number of imide groups is 1. The average molecular weight is 422 g/mol. The van der Waals surface area contributed by atoms with Gasteiger partial charge in [0.2, 0.25) is 0 Å². The molecule has 5 nitrogen and oxygen atoms in total. The van der Waals surface area contributed by atoms with E-state index in [9.17, 15) is 14.0 Å². The van der Waals surface area contributed by atoms with Crippen LogP contribution in [0.1, 0.15) is 29.5 Å². The minimum absolute atomic E-state index is 0.164. The topological polar surface area (TPSA) is 43.9 Å². The van der Waals surface area contributed by atoms with E-state index in [2.05, 4.69) is 11.9 Å². The second-order valence-corrected chi connectivity index (χ2v) is 8.61. The molecule has 2 aliphatic heterocycles. The fourth-order valence-electron chi connectivity index (χ4n) is 4.47. The number of likely N-dealkylation sites (N-methyl/N-ethyl adjacent to an activating group) is 1. The quantitative estimate of drug-likeness (QED) is 0.706. The van der Waals surface area contributed by atoms with Crippen molar-refractivity contribution in [1.82, 2.24) is 9.80 Å². The summed E-state index contributed by atoms with van der Waals surface area (Å²) in [6.07, 6.45) is 1.83. The maximum Gasteiger partial charge on any atom is 0.282 e. The van der Waals surface area contributed by atoms with Gasteiger partial charge in [-0.15, -0.1) is 0 Å². The van der Waals surface area contributed by atoms with Crippen LogP contribution in [0.15, 0.2) is 48.2 Å². The highest BCUT2D eigenvalue weighted by atomic mass is 19.1. The van der Waals surface area contributed by atoms with E-state index in [4.69, 9.17) is 0 Å². The molecule has 0 atom stereocenters. The largest absolute Gasteiger partial charge is 0.366 e. The summed E-state index contributed by atoms with van der Waals surface area (Å²) < 4.78 is 13.6. The Morgan fingerprint density at radius 1 is 0.968 bits per heavy atom. The molecule has 6 heteroatoms. The number of piperidine rings is 1. The lowest BCUT2D eigenvalue weighted by Gasteiger charge is -2.36. The molecule has 0 bridgehead atoms. The molecular formula is C25H28FN3O2. The molecule has 0 N–H and O–H groups in total. The van der Waals surface area contributed by atoms with Gasteiger partial charge in [-0.25, -0.2) is 9.29 Å². The van der Waals surface area contributed by atoms with Crippen molar-refractivity contribution in [3.63, 3.8) is 0 Å². The van der Waals surface area contributed by atoms with Gasteiger partial charge in [0.1, 0.15) is 11.5 Å². The van der Waals surface area contributed by atoms with Gasteiger partial charge in [-0.1, -0.05) is 24.3 Å². The summed E-state index contributed by atoms with van der Waals surface area (Å²) in [5.74, 6) is -1.06. The summed E-state index contributed by atoms with van der Waals surface area (Å²) in [4.78, 5) is 32.8. The van der Waals surface area contributed by atoms with Crippen molar-refractivity contribution in [3.05, 3.63) is 70.7 Å². The number of hydrogen-bond donors (Lipinski definition) is 0. The van der Waals surface area contributed by atoms with Crippen LogP contribution in [0.25, 0.3) is 5.57 Å². The lowest BCUT2D eigenvalue weighted by Crippen LogP contribution is -2.43. The molecule has 0 radical (unpaired) electrons. The number of aryl methyl sites for hydroxylation is 2. The molecule has 0 saturated carbocycles. The summed E-state index contributed by atoms with van der Waals surface area (Å²) in [6.45, 7) is 5.72. The summed E-state index contributed by atoms with van der Waals surface area (Å²) in [7, 11) is 3.98. The van der Waals surface area contributed by atoms with Crippen molar-refractivity contribution >= 4 is 23.1 Å². The highest BCUT2D eigenvalue weighted by molar-refractivity contribution is 6.45. The maximum atomic E-state index is 13.7. The minimum atomic E-state index is -0.377. The lowest BCUT2D eigenvalue weighted by atomic mass is 10.00. The Morgan fingerprint density at radius 3 is 2.26 bits per heavy atom. The van der Waals surface area contributed by atoms with E-state index in [0.717, 1.165) is 37.1 Å². The molecule has 2 amide bonds. The van der Waals surface area contributed by atoms with Crippen LogP contribution in [0.3, 0.4) is 0 Å². The second kappa shape index (κ2) is 8.27. The number of benzene rings is 2. The van der Waals surface area contributed by atoms with E-state index >= 15 is 0 Å². The molecule has 2 heterocycles. The van der Waals surface area contributed by atoms with Crippen molar-refractivity contribution in [2.45, 2.75) is 32.7 Å². The zero-order valence-corrected chi connectivity index (χ0v) is 18.5. The average Bonchev–Trinajstić information content (AvgIpc) is 3.00. The highest BCUT2D eigenvalue weighted by Gasteiger charge is 2.43. The van der Waals surface area contributed by atoms with Crippen LogP contribution in [0.2, 0.25) is 0 Å². The van der Waals surface area contributed by atoms with E-state index < -0.39 is 0 Å². The standard InChI is InChI=1S/C25H28FN3O2/c1-16-5-6-17(2)21(15-16)29-24(30)22(18-7-9-19(26)10-8-18)23(25(29)31)28(4)20-11-13-27(3)14-12-20/h5-10,15,20H,11-14H2,1-4H3. The number of rotatable bonds is 4. The number of carbonyl (C=O) groups is 2. The smallest absolute Gasteiger partial charge is 0.282 e. The Labute approximate surface area is 182 Å². The minimum Gasteiger partial charge on any atom is -0.366 e. The predicted octanol–water partition coefficient (Wildman–Crippen LogP) is 3.75. The number of amides is 2. The summed E-state index contributed by atoms with van der Waals surface area (Å²) in [5, 5.41) is 0. The number of likely N-dealkylation sites (tertiary alicyclic amines) is 1. The van der Waals surface area contributed by atoms with Gasteiger partial charge in [0.05, 0.1) is 11.3 Å². The van der Waals surface area contributed by atoms with Gasteiger partial charge in [0.15, 0.2) is 0 Å². The Morgan fingerprint density at radius 2 is 1.61 bits per heavy atom. The Balaban J connectivity index is 1.81. The van der Waals surface area contributed by atoms with Crippen molar-refractivity contribution in [1.29, 1.82) is 0 Å². The first-order valence-corrected chi connectivity index (χ1v) is 10.7. The summed E-state index contributed by atoms with van der Waals surface area (Å²) in [5.41, 5.74) is 3.72. The first-order valence-electron chi connectivity index (χ1n) is 10.7. The number of carbonyl (C=O) groups excluding carboxylic acids is 2. The summed E-state index contributed by atoms with van der Waals surface area (Å²) >= 11 is 0. The fourth-order valence-corrected chi connectivity index (χ4v) is 4.47. The maximum absolute atomic E-state index is 13.7. The van der Waals surface area contributed by atoms with Crippen molar-refractivity contribution < 1.29 is 14.0 Å². The number of anilines is 1. The highest BCUT2D eigenvalue weighted by Crippen LogP contribution is 2.37. The first kappa shape index (κ1) is 21.2. The third-order valence-electron chi connectivity index (χ3n) is 6.39. The van der Waals surface area contributed by atoms with E-state index in [-0.39, 0.29) is 23.7 Å². The molecule has 0 aliphatic carbocycles. The number of nitrogens with zero attached hydrogens (tertiary/aromatic N) is 3. The molecular weight excluding hydrogens is 393 g/mol. The number of hydrogen-bond acceptors (Lipinski definition) is 4. The molecule has 1 fully saturated rings. The van der Waals surface area contributed by atoms with Crippen LogP contribution in [0.4, 0.5) is 10.1 Å². The zero-order chi connectivity index (χ0) is 22.3. The summed E-state index contributed by atoms with van der Waals surface area (Å²) in [6, 6.07) is 11.7. The second-order valence-electron chi connectivity index (χ2n) is 8.61. The SMILES string of the molecule is Cc1ccc(C)c(N2C(=O)C(c3ccc(F)cc3)=C(N(C)C3CCN(C)CC3)C2=O)c1. The van der Waals surface area contributed by atoms with Gasteiger partial charge in [-0.2, -0.15) is 0 Å². The van der Waals surface area contributed by atoms with E-state index in [0.29, 0.717) is 22.5 Å². The van der Waals surface area contributed by atoms with Crippen LogP contribution in [0, 0.1) is 19.7 Å². The van der Waals surface area contributed by atoms with E-state index in [1.807, 2.05) is 44.0 Å². The molecule has 1 saturated heterocycles. The van der Waals surface area contributed by atoms with Crippen molar-refractivity contribution in [3.8, 4) is 0 Å². The van der Waals surface area contributed by atoms with E-state index in [1.165, 1.54) is 17.0 Å². The fraction of sp³-hybridized carbons (Fsp3) is 0.360. The van der Waals surface area contributed by atoms with Crippen LogP contribution >= 0.6 is 0 Å². The molecule has 31 heavy (non-hydrogen) atoms. The molecule has 4 rings (SSSR count). The molecule has 162 valence electrons.